The number of para-hydroxylation sites is 4. The van der Waals surface area contributed by atoms with Gasteiger partial charge in [-0.2, -0.15) is 5.10 Å². The fourth-order valence-corrected chi connectivity index (χ4v) is 7.40. The molecule has 0 bridgehead atoms. The van der Waals surface area contributed by atoms with Crippen LogP contribution in [0.3, 0.4) is 0 Å². The van der Waals surface area contributed by atoms with Crippen LogP contribution in [0.25, 0.3) is 60.8 Å². The van der Waals surface area contributed by atoms with Gasteiger partial charge in [0, 0.05) is 44.8 Å². The predicted octanol–water partition coefficient (Wildman–Crippen LogP) is 10.9. The van der Waals surface area contributed by atoms with Crippen molar-refractivity contribution in [3.8, 4) is 17.2 Å². The molecule has 0 N–H and O–H groups in total. The average Bonchev–Trinajstić information content (AvgIpc) is 3.89. The lowest BCUT2D eigenvalue weighted by Gasteiger charge is -2.26. The monoisotopic (exact) mass is 642 g/mol. The lowest BCUT2D eigenvalue weighted by molar-refractivity contribution is 0.880. The van der Waals surface area contributed by atoms with Crippen LogP contribution in [0.15, 0.2) is 182 Å². The van der Waals surface area contributed by atoms with Crippen LogP contribution in [0, 0.1) is 0 Å². The van der Waals surface area contributed by atoms with E-state index in [1.165, 1.54) is 21.5 Å². The quantitative estimate of drug-likeness (QED) is 0.181. The van der Waals surface area contributed by atoms with Gasteiger partial charge in [0.15, 0.2) is 0 Å². The van der Waals surface area contributed by atoms with E-state index >= 15 is 0 Å². The smallest absolute Gasteiger partial charge is 0.137 e. The van der Waals surface area contributed by atoms with Crippen LogP contribution in [0.4, 0.5) is 17.1 Å². The van der Waals surface area contributed by atoms with E-state index in [1.807, 2.05) is 29.2 Å². The fourth-order valence-electron chi connectivity index (χ4n) is 7.40. The molecule has 0 spiro atoms. The van der Waals surface area contributed by atoms with Gasteiger partial charge < -0.3 is 9.47 Å². The summed E-state index contributed by atoms with van der Waals surface area (Å²) in [6.07, 6.45) is 5.91. The highest BCUT2D eigenvalue weighted by Gasteiger charge is 2.19. The van der Waals surface area contributed by atoms with Crippen molar-refractivity contribution in [3.05, 3.63) is 182 Å². The molecule has 4 aromatic heterocycles. The summed E-state index contributed by atoms with van der Waals surface area (Å²) in [5.74, 6) is 0.891. The molecule has 0 aliphatic rings. The highest BCUT2D eigenvalue weighted by molar-refractivity contribution is 6.11. The minimum Gasteiger partial charge on any atom is -0.310 e. The largest absolute Gasteiger partial charge is 0.310 e. The topological polar surface area (TPSA) is 43.8 Å². The first-order chi connectivity index (χ1) is 24.8. The Hall–Kier alpha value is -6.92. The van der Waals surface area contributed by atoms with Crippen molar-refractivity contribution in [2.45, 2.75) is 0 Å². The molecule has 0 fully saturated rings. The first-order valence-electron chi connectivity index (χ1n) is 16.8. The number of benzene rings is 6. The van der Waals surface area contributed by atoms with Crippen molar-refractivity contribution >= 4 is 60.7 Å². The van der Waals surface area contributed by atoms with Crippen LogP contribution in [-0.2, 0) is 0 Å². The average molecular weight is 643 g/mol. The van der Waals surface area contributed by atoms with Gasteiger partial charge in [0.2, 0.25) is 0 Å². The summed E-state index contributed by atoms with van der Waals surface area (Å²) in [5.41, 5.74) is 9.68. The van der Waals surface area contributed by atoms with Gasteiger partial charge in [-0.25, -0.2) is 9.67 Å². The molecular weight excluding hydrogens is 613 g/mol. The molecule has 4 heterocycles. The van der Waals surface area contributed by atoms with Crippen molar-refractivity contribution < 1.29 is 0 Å². The maximum absolute atomic E-state index is 4.88. The highest BCUT2D eigenvalue weighted by atomic mass is 15.3. The Bertz CT molecular complexity index is 2770. The second-order valence-corrected chi connectivity index (χ2v) is 12.4. The molecule has 0 amide bonds. The molecule has 10 aromatic rings. The third-order valence-electron chi connectivity index (χ3n) is 9.57. The molecule has 236 valence electrons. The van der Waals surface area contributed by atoms with E-state index in [4.69, 9.17) is 10.1 Å². The number of rotatable bonds is 6. The van der Waals surface area contributed by atoms with E-state index in [0.29, 0.717) is 0 Å². The zero-order chi connectivity index (χ0) is 33.0. The summed E-state index contributed by atoms with van der Waals surface area (Å²) in [5, 5.41) is 9.73. The van der Waals surface area contributed by atoms with E-state index in [1.54, 1.807) is 0 Å². The number of hydrogen-bond acceptors (Lipinski definition) is 3. The summed E-state index contributed by atoms with van der Waals surface area (Å²) >= 11 is 0. The Kier molecular flexibility index (Phi) is 6.39. The number of hydrogen-bond donors (Lipinski definition) is 0. The lowest BCUT2D eigenvalue weighted by Crippen LogP contribution is -2.10. The van der Waals surface area contributed by atoms with Crippen molar-refractivity contribution in [1.29, 1.82) is 0 Å². The summed E-state index contributed by atoms with van der Waals surface area (Å²) in [6, 6.07) is 57.5. The van der Waals surface area contributed by atoms with Crippen LogP contribution in [0.5, 0.6) is 0 Å². The lowest BCUT2D eigenvalue weighted by atomic mass is 10.1. The molecule has 50 heavy (non-hydrogen) atoms. The van der Waals surface area contributed by atoms with Gasteiger partial charge in [-0.15, -0.1) is 0 Å². The van der Waals surface area contributed by atoms with Gasteiger partial charge in [0.05, 0.1) is 45.8 Å². The summed E-state index contributed by atoms with van der Waals surface area (Å²) in [6.45, 7) is 0. The van der Waals surface area contributed by atoms with Crippen LogP contribution >= 0.6 is 0 Å². The molecule has 0 atom stereocenters. The van der Waals surface area contributed by atoms with Gasteiger partial charge in [-0.3, -0.25) is 4.57 Å². The van der Waals surface area contributed by atoms with Gasteiger partial charge >= 0.3 is 0 Å². The zero-order valence-corrected chi connectivity index (χ0v) is 27.0. The van der Waals surface area contributed by atoms with E-state index in [9.17, 15) is 0 Å². The second kappa shape index (κ2) is 11.4. The van der Waals surface area contributed by atoms with Crippen LogP contribution in [-0.4, -0.2) is 23.9 Å². The summed E-state index contributed by atoms with van der Waals surface area (Å²) < 4.78 is 6.52. The van der Waals surface area contributed by atoms with Gasteiger partial charge in [-0.1, -0.05) is 91.0 Å². The summed E-state index contributed by atoms with van der Waals surface area (Å²) in [7, 11) is 0. The second-order valence-electron chi connectivity index (χ2n) is 12.4. The van der Waals surface area contributed by atoms with Crippen LogP contribution in [0.2, 0.25) is 0 Å². The molecule has 0 unspecified atom stereocenters. The van der Waals surface area contributed by atoms with Crippen molar-refractivity contribution in [1.82, 2.24) is 23.9 Å². The maximum Gasteiger partial charge on any atom is 0.137 e. The Balaban J connectivity index is 1.12. The standard InChI is InChI=1S/C44H30N6/c1-2-13-31(14-3-1)48(34-24-25-39-38-19-6-9-22-42(38)50(43(39)28-34)44-23-10-11-26-45-44)33-16-12-15-32(27-33)47-30-35(29-46-47)49-40-20-7-4-17-36(40)37-18-5-8-21-41(37)49/h1-30H. The van der Waals surface area contributed by atoms with E-state index in [2.05, 4.69) is 172 Å². The number of pyridine rings is 1. The van der Waals surface area contributed by atoms with Crippen molar-refractivity contribution in [3.63, 3.8) is 0 Å². The number of fused-ring (bicyclic) bond motifs is 6. The molecule has 0 saturated carbocycles. The highest BCUT2D eigenvalue weighted by Crippen LogP contribution is 2.40. The van der Waals surface area contributed by atoms with E-state index in [-0.39, 0.29) is 0 Å². The Labute approximate surface area is 288 Å². The maximum atomic E-state index is 4.88. The predicted molar refractivity (Wildman–Crippen MR) is 205 cm³/mol. The third-order valence-corrected chi connectivity index (χ3v) is 9.57. The van der Waals surface area contributed by atoms with Crippen LogP contribution in [0.1, 0.15) is 0 Å². The molecule has 0 aliphatic heterocycles. The number of nitrogens with zero attached hydrogens (tertiary/aromatic N) is 6. The molecule has 0 radical (unpaired) electrons. The van der Waals surface area contributed by atoms with Gasteiger partial charge in [0.25, 0.3) is 0 Å². The normalized spacial score (nSPS) is 11.6. The summed E-state index contributed by atoms with van der Waals surface area (Å²) in [4.78, 5) is 7.06. The Morgan fingerprint density at radius 2 is 1.02 bits per heavy atom. The molecule has 10 rings (SSSR count). The molecule has 6 aromatic carbocycles. The molecule has 0 aliphatic carbocycles. The van der Waals surface area contributed by atoms with E-state index in [0.717, 1.165) is 56.3 Å². The van der Waals surface area contributed by atoms with Gasteiger partial charge in [-0.05, 0) is 72.8 Å². The first-order valence-corrected chi connectivity index (χ1v) is 16.8. The van der Waals surface area contributed by atoms with Crippen LogP contribution < -0.4 is 4.90 Å². The minimum atomic E-state index is 0.891. The fraction of sp³-hybridized carbons (Fsp3) is 0. The molecule has 6 heteroatoms. The SMILES string of the molecule is c1ccc(N(c2cccc(-n3cc(-n4c5ccccc5c5ccccc54)cn3)c2)c2ccc3c4ccccc4n(-c4ccccn4)c3c2)cc1. The Morgan fingerprint density at radius 1 is 0.420 bits per heavy atom. The number of anilines is 3. The minimum absolute atomic E-state index is 0.891. The van der Waals surface area contributed by atoms with Gasteiger partial charge in [0.1, 0.15) is 5.82 Å². The van der Waals surface area contributed by atoms with E-state index < -0.39 is 0 Å². The zero-order valence-electron chi connectivity index (χ0n) is 27.0. The van der Waals surface area contributed by atoms with Crippen molar-refractivity contribution in [2.75, 3.05) is 4.90 Å². The molecule has 0 saturated heterocycles. The molecule has 6 nitrogen and oxygen atoms in total. The number of aromatic nitrogens is 5. The first kappa shape index (κ1) is 28.1. The van der Waals surface area contributed by atoms with Crippen molar-refractivity contribution in [2.24, 2.45) is 0 Å². The molecular formula is C44H30N6. The third kappa shape index (κ3) is 4.43. The Morgan fingerprint density at radius 3 is 1.72 bits per heavy atom.